The maximum absolute atomic E-state index is 12.0. The van der Waals surface area contributed by atoms with E-state index in [9.17, 15) is 4.79 Å². The average molecular weight is 326 g/mol. The summed E-state index contributed by atoms with van der Waals surface area (Å²) >= 11 is 0. The average Bonchev–Trinajstić information content (AvgIpc) is 2.86. The third-order valence-corrected chi connectivity index (χ3v) is 3.64. The normalized spacial score (nSPS) is 10.8. The Morgan fingerprint density at radius 1 is 1.25 bits per heavy atom. The van der Waals surface area contributed by atoms with Crippen LogP contribution in [0.15, 0.2) is 28.8 Å². The van der Waals surface area contributed by atoms with Gasteiger partial charge >= 0.3 is 0 Å². The van der Waals surface area contributed by atoms with E-state index < -0.39 is 0 Å². The van der Waals surface area contributed by atoms with Crippen LogP contribution in [-0.4, -0.2) is 27.5 Å². The third kappa shape index (κ3) is 3.34. The van der Waals surface area contributed by atoms with Gasteiger partial charge in [-0.05, 0) is 32.9 Å². The Bertz CT molecular complexity index is 874. The summed E-state index contributed by atoms with van der Waals surface area (Å²) in [6, 6.07) is 5.54. The molecule has 3 aromatic heterocycles. The minimum atomic E-state index is -0.247. The number of carbonyl (C=O) groups is 1. The van der Waals surface area contributed by atoms with Crippen LogP contribution >= 0.6 is 0 Å². The first-order valence-corrected chi connectivity index (χ1v) is 7.58. The van der Waals surface area contributed by atoms with Crippen molar-refractivity contribution >= 4 is 17.0 Å². The summed E-state index contributed by atoms with van der Waals surface area (Å²) in [6.07, 6.45) is 1.68. The minimum absolute atomic E-state index is 0.137. The number of ether oxygens (including phenoxy) is 1. The SMILES string of the molecule is Cc1nc(OCC(=O)NCc2ccccn2)c2c(C)c(C)oc2n1. The Hall–Kier alpha value is -2.96. The number of nitrogens with one attached hydrogen (secondary N) is 1. The van der Waals surface area contributed by atoms with Gasteiger partial charge < -0.3 is 14.5 Å². The fourth-order valence-electron chi connectivity index (χ4n) is 2.30. The van der Waals surface area contributed by atoms with Crippen molar-refractivity contribution in [1.82, 2.24) is 20.3 Å². The topological polar surface area (TPSA) is 90.1 Å². The number of rotatable bonds is 5. The van der Waals surface area contributed by atoms with Crippen molar-refractivity contribution < 1.29 is 13.9 Å². The molecule has 3 rings (SSSR count). The van der Waals surface area contributed by atoms with Crippen molar-refractivity contribution in [2.75, 3.05) is 6.61 Å². The molecule has 0 unspecified atom stereocenters. The monoisotopic (exact) mass is 326 g/mol. The van der Waals surface area contributed by atoms with Gasteiger partial charge in [-0.1, -0.05) is 6.07 Å². The number of amides is 1. The maximum atomic E-state index is 12.0. The van der Waals surface area contributed by atoms with Gasteiger partial charge in [-0.25, -0.2) is 0 Å². The molecule has 1 N–H and O–H groups in total. The fraction of sp³-hybridized carbons (Fsp3) is 0.294. The molecule has 24 heavy (non-hydrogen) atoms. The number of pyridine rings is 1. The van der Waals surface area contributed by atoms with Gasteiger partial charge in [0.25, 0.3) is 5.91 Å². The molecule has 0 bridgehead atoms. The standard InChI is InChI=1S/C17H18N4O3/c1-10-11(2)24-17-15(10)16(20-12(3)21-17)23-9-14(22)19-8-13-6-4-5-7-18-13/h4-7H,8-9H2,1-3H3,(H,19,22). The van der Waals surface area contributed by atoms with Crippen LogP contribution in [0.3, 0.4) is 0 Å². The summed E-state index contributed by atoms with van der Waals surface area (Å²) in [7, 11) is 0. The zero-order valence-electron chi connectivity index (χ0n) is 13.8. The molecule has 1 amide bonds. The number of hydrogen-bond donors (Lipinski definition) is 1. The van der Waals surface area contributed by atoms with Crippen molar-refractivity contribution in [2.24, 2.45) is 0 Å². The molecule has 3 heterocycles. The number of fused-ring (bicyclic) bond motifs is 1. The van der Waals surface area contributed by atoms with E-state index in [-0.39, 0.29) is 12.5 Å². The summed E-state index contributed by atoms with van der Waals surface area (Å²) < 4.78 is 11.2. The highest BCUT2D eigenvalue weighted by atomic mass is 16.5. The van der Waals surface area contributed by atoms with E-state index in [1.165, 1.54) is 0 Å². The second-order valence-corrected chi connectivity index (χ2v) is 5.43. The van der Waals surface area contributed by atoms with Crippen molar-refractivity contribution in [3.63, 3.8) is 0 Å². The van der Waals surface area contributed by atoms with Crippen molar-refractivity contribution in [2.45, 2.75) is 27.3 Å². The molecule has 124 valence electrons. The second kappa shape index (κ2) is 6.66. The quantitative estimate of drug-likeness (QED) is 0.773. The molecule has 0 saturated carbocycles. The highest BCUT2D eigenvalue weighted by Gasteiger charge is 2.17. The smallest absolute Gasteiger partial charge is 0.258 e. The first kappa shape index (κ1) is 15.9. The number of nitrogens with zero attached hydrogens (tertiary/aromatic N) is 3. The zero-order valence-corrected chi connectivity index (χ0v) is 13.8. The van der Waals surface area contributed by atoms with Crippen LogP contribution in [0.25, 0.3) is 11.1 Å². The van der Waals surface area contributed by atoms with Gasteiger partial charge in [0.1, 0.15) is 17.0 Å². The van der Waals surface area contributed by atoms with E-state index in [0.717, 1.165) is 17.0 Å². The summed E-state index contributed by atoms with van der Waals surface area (Å²) in [5.41, 5.74) is 2.17. The Balaban J connectivity index is 1.68. The van der Waals surface area contributed by atoms with E-state index in [0.29, 0.717) is 29.3 Å². The summed E-state index contributed by atoms with van der Waals surface area (Å²) in [6.45, 7) is 5.73. The molecule has 0 saturated heterocycles. The molecule has 0 aliphatic heterocycles. The molecule has 0 aliphatic rings. The highest BCUT2D eigenvalue weighted by molar-refractivity contribution is 5.84. The molecule has 0 fully saturated rings. The number of aromatic nitrogens is 3. The lowest BCUT2D eigenvalue weighted by Crippen LogP contribution is -2.28. The molecular formula is C17H18N4O3. The molecule has 0 aliphatic carbocycles. The van der Waals surface area contributed by atoms with Gasteiger partial charge in [-0.3, -0.25) is 9.78 Å². The molecule has 7 nitrogen and oxygen atoms in total. The van der Waals surface area contributed by atoms with E-state index in [1.54, 1.807) is 13.1 Å². The van der Waals surface area contributed by atoms with Gasteiger partial charge in [-0.2, -0.15) is 9.97 Å². The van der Waals surface area contributed by atoms with Crippen LogP contribution in [-0.2, 0) is 11.3 Å². The summed E-state index contributed by atoms with van der Waals surface area (Å²) in [5, 5.41) is 3.46. The van der Waals surface area contributed by atoms with E-state index in [2.05, 4.69) is 20.3 Å². The predicted molar refractivity (Wildman–Crippen MR) is 87.6 cm³/mol. The molecular weight excluding hydrogens is 308 g/mol. The minimum Gasteiger partial charge on any atom is -0.467 e. The number of furan rings is 1. The number of hydrogen-bond acceptors (Lipinski definition) is 6. The van der Waals surface area contributed by atoms with Crippen LogP contribution in [0.1, 0.15) is 22.8 Å². The van der Waals surface area contributed by atoms with Crippen LogP contribution in [0.4, 0.5) is 0 Å². The fourth-order valence-corrected chi connectivity index (χ4v) is 2.30. The van der Waals surface area contributed by atoms with Gasteiger partial charge in [-0.15, -0.1) is 0 Å². The molecule has 0 radical (unpaired) electrons. The number of aryl methyl sites for hydroxylation is 3. The van der Waals surface area contributed by atoms with Gasteiger partial charge in [0, 0.05) is 11.8 Å². The Labute approximate surface area is 139 Å². The lowest BCUT2D eigenvalue weighted by atomic mass is 10.2. The molecule has 0 atom stereocenters. The first-order valence-electron chi connectivity index (χ1n) is 7.58. The van der Waals surface area contributed by atoms with Crippen molar-refractivity contribution in [3.8, 4) is 5.88 Å². The van der Waals surface area contributed by atoms with Crippen LogP contribution in [0.2, 0.25) is 0 Å². The largest absolute Gasteiger partial charge is 0.467 e. The molecule has 0 aromatic carbocycles. The van der Waals surface area contributed by atoms with Crippen molar-refractivity contribution in [3.05, 3.63) is 47.2 Å². The van der Waals surface area contributed by atoms with E-state index in [1.807, 2.05) is 32.0 Å². The lowest BCUT2D eigenvalue weighted by molar-refractivity contribution is -0.123. The molecule has 0 spiro atoms. The maximum Gasteiger partial charge on any atom is 0.258 e. The van der Waals surface area contributed by atoms with Gasteiger partial charge in [0.15, 0.2) is 6.61 Å². The predicted octanol–water partition coefficient (Wildman–Crippen LogP) is 2.24. The lowest BCUT2D eigenvalue weighted by Gasteiger charge is -2.08. The summed E-state index contributed by atoms with van der Waals surface area (Å²) in [5.74, 6) is 1.40. The van der Waals surface area contributed by atoms with E-state index >= 15 is 0 Å². The second-order valence-electron chi connectivity index (χ2n) is 5.43. The Kier molecular flexibility index (Phi) is 4.41. The van der Waals surface area contributed by atoms with Crippen LogP contribution < -0.4 is 10.1 Å². The Morgan fingerprint density at radius 2 is 2.08 bits per heavy atom. The third-order valence-electron chi connectivity index (χ3n) is 3.64. The molecule has 3 aromatic rings. The molecule has 7 heteroatoms. The van der Waals surface area contributed by atoms with Crippen LogP contribution in [0, 0.1) is 20.8 Å². The van der Waals surface area contributed by atoms with Crippen LogP contribution in [0.5, 0.6) is 5.88 Å². The van der Waals surface area contributed by atoms with Crippen molar-refractivity contribution in [1.29, 1.82) is 0 Å². The zero-order chi connectivity index (χ0) is 17.1. The van der Waals surface area contributed by atoms with Gasteiger partial charge in [0.05, 0.1) is 12.2 Å². The van der Waals surface area contributed by atoms with Gasteiger partial charge in [0.2, 0.25) is 11.6 Å². The summed E-state index contributed by atoms with van der Waals surface area (Å²) in [4.78, 5) is 24.7. The number of carbonyl (C=O) groups excluding carboxylic acids is 1. The Morgan fingerprint density at radius 3 is 2.83 bits per heavy atom. The highest BCUT2D eigenvalue weighted by Crippen LogP contribution is 2.30. The van der Waals surface area contributed by atoms with E-state index in [4.69, 9.17) is 9.15 Å². The first-order chi connectivity index (χ1) is 11.5.